The zero-order valence-electron chi connectivity index (χ0n) is 12.3. The zero-order chi connectivity index (χ0) is 14.4. The van der Waals surface area contributed by atoms with Crippen LogP contribution in [0.2, 0.25) is 0 Å². The molecule has 0 radical (unpaired) electrons. The van der Waals surface area contributed by atoms with Crippen LogP contribution in [-0.4, -0.2) is 23.2 Å². The fraction of sp³-hybridized carbons (Fsp3) is 0.800. The second-order valence-electron chi connectivity index (χ2n) is 6.04. The van der Waals surface area contributed by atoms with Crippen molar-refractivity contribution in [3.8, 4) is 0 Å². The lowest BCUT2D eigenvalue weighted by atomic mass is 9.94. The van der Waals surface area contributed by atoms with Gasteiger partial charge in [-0.1, -0.05) is 33.3 Å². The smallest absolute Gasteiger partial charge is 0.351 e. The Hall–Kier alpha value is -0.870. The summed E-state index contributed by atoms with van der Waals surface area (Å²) in [4.78, 5) is 16.3. The van der Waals surface area contributed by atoms with Crippen LogP contribution in [0.15, 0.2) is 12.2 Å². The van der Waals surface area contributed by atoms with Crippen LogP contribution in [0.1, 0.15) is 52.9 Å². The normalized spacial score (nSPS) is 26.7. The lowest BCUT2D eigenvalue weighted by Gasteiger charge is -2.22. The van der Waals surface area contributed by atoms with E-state index in [1.807, 2.05) is 0 Å². The van der Waals surface area contributed by atoms with Gasteiger partial charge in [-0.15, -0.1) is 5.48 Å². The second kappa shape index (κ2) is 7.65. The van der Waals surface area contributed by atoms with Gasteiger partial charge in [0, 0.05) is 5.57 Å². The van der Waals surface area contributed by atoms with Crippen molar-refractivity contribution in [1.29, 1.82) is 0 Å². The highest BCUT2D eigenvalue weighted by Crippen LogP contribution is 2.30. The van der Waals surface area contributed by atoms with Crippen molar-refractivity contribution < 1.29 is 14.7 Å². The van der Waals surface area contributed by atoms with E-state index in [1.54, 1.807) is 6.92 Å². The maximum Gasteiger partial charge on any atom is 0.351 e. The molecular formula is C15H27NO3. The highest BCUT2D eigenvalue weighted by atomic mass is 16.7. The number of nitrogens with one attached hydrogen (secondary N) is 1. The quantitative estimate of drug-likeness (QED) is 0.551. The van der Waals surface area contributed by atoms with Crippen molar-refractivity contribution in [2.24, 2.45) is 11.8 Å². The predicted molar refractivity (Wildman–Crippen MR) is 75.2 cm³/mol. The van der Waals surface area contributed by atoms with E-state index in [0.29, 0.717) is 17.4 Å². The number of hydrogen-bond donors (Lipinski definition) is 2. The zero-order valence-corrected chi connectivity index (χ0v) is 12.3. The number of rotatable bonds is 7. The SMILES string of the molecule is C=C(C)C(=O)ONC1C(O)CCC1CCCC(C)C. The third-order valence-electron chi connectivity index (χ3n) is 3.75. The van der Waals surface area contributed by atoms with Crippen LogP contribution in [0.5, 0.6) is 0 Å². The molecule has 0 aliphatic heterocycles. The molecule has 0 spiro atoms. The molecule has 0 heterocycles. The van der Waals surface area contributed by atoms with Gasteiger partial charge in [0.15, 0.2) is 0 Å². The van der Waals surface area contributed by atoms with Crippen LogP contribution in [0, 0.1) is 11.8 Å². The lowest BCUT2D eigenvalue weighted by Crippen LogP contribution is -2.41. The monoisotopic (exact) mass is 269 g/mol. The molecule has 110 valence electrons. The Morgan fingerprint density at radius 3 is 2.74 bits per heavy atom. The number of carbonyl (C=O) groups excluding carboxylic acids is 1. The minimum atomic E-state index is -0.458. The summed E-state index contributed by atoms with van der Waals surface area (Å²) in [6, 6.07) is -0.143. The van der Waals surface area contributed by atoms with Gasteiger partial charge >= 0.3 is 5.97 Å². The Morgan fingerprint density at radius 1 is 1.47 bits per heavy atom. The van der Waals surface area contributed by atoms with Crippen molar-refractivity contribution in [3.63, 3.8) is 0 Å². The van der Waals surface area contributed by atoms with Crippen LogP contribution in [0.25, 0.3) is 0 Å². The number of hydrogen-bond acceptors (Lipinski definition) is 4. The van der Waals surface area contributed by atoms with E-state index >= 15 is 0 Å². The predicted octanol–water partition coefficient (Wildman–Crippen LogP) is 2.58. The maximum atomic E-state index is 11.4. The molecule has 0 amide bonds. The van der Waals surface area contributed by atoms with Gasteiger partial charge in [-0.2, -0.15) is 0 Å². The molecule has 0 saturated heterocycles. The van der Waals surface area contributed by atoms with Gasteiger partial charge in [0.2, 0.25) is 0 Å². The Kier molecular flexibility index (Phi) is 6.52. The Balaban J connectivity index is 2.39. The van der Waals surface area contributed by atoms with Crippen molar-refractivity contribution >= 4 is 5.97 Å². The highest BCUT2D eigenvalue weighted by Gasteiger charge is 2.35. The summed E-state index contributed by atoms with van der Waals surface area (Å²) < 4.78 is 0. The van der Waals surface area contributed by atoms with E-state index < -0.39 is 12.1 Å². The standard InChI is InChI=1S/C15H27NO3/c1-10(2)6-5-7-12-8-9-13(17)14(12)16-19-15(18)11(3)4/h10,12-14,16-17H,3,5-9H2,1-2,4H3. The maximum absolute atomic E-state index is 11.4. The first kappa shape index (κ1) is 16.2. The minimum Gasteiger partial charge on any atom is -0.391 e. The summed E-state index contributed by atoms with van der Waals surface area (Å²) >= 11 is 0. The Bertz CT molecular complexity index is 315. The number of hydroxylamine groups is 1. The minimum absolute atomic E-state index is 0.143. The van der Waals surface area contributed by atoms with Gasteiger partial charge in [-0.3, -0.25) is 0 Å². The third kappa shape index (κ3) is 5.33. The topological polar surface area (TPSA) is 58.6 Å². The van der Waals surface area contributed by atoms with E-state index in [1.165, 1.54) is 6.42 Å². The molecule has 4 heteroatoms. The molecule has 2 N–H and O–H groups in total. The van der Waals surface area contributed by atoms with E-state index in [-0.39, 0.29) is 6.04 Å². The van der Waals surface area contributed by atoms with E-state index in [0.717, 1.165) is 25.7 Å². The van der Waals surface area contributed by atoms with E-state index in [4.69, 9.17) is 4.84 Å². The van der Waals surface area contributed by atoms with Gasteiger partial charge in [0.25, 0.3) is 0 Å². The van der Waals surface area contributed by atoms with Crippen LogP contribution < -0.4 is 5.48 Å². The highest BCUT2D eigenvalue weighted by molar-refractivity contribution is 5.86. The van der Waals surface area contributed by atoms with Gasteiger partial charge in [0.1, 0.15) is 0 Å². The molecule has 0 aromatic rings. The summed E-state index contributed by atoms with van der Waals surface area (Å²) in [6.07, 6.45) is 4.75. The first-order valence-electron chi connectivity index (χ1n) is 7.22. The number of aliphatic hydroxyl groups is 1. The first-order chi connectivity index (χ1) is 8.91. The van der Waals surface area contributed by atoms with Crippen LogP contribution in [-0.2, 0) is 9.63 Å². The first-order valence-corrected chi connectivity index (χ1v) is 7.22. The molecule has 19 heavy (non-hydrogen) atoms. The van der Waals surface area contributed by atoms with Gasteiger partial charge in [0.05, 0.1) is 12.1 Å². The van der Waals surface area contributed by atoms with Crippen LogP contribution in [0.4, 0.5) is 0 Å². The average Bonchev–Trinajstić information content (AvgIpc) is 2.67. The van der Waals surface area contributed by atoms with Crippen molar-refractivity contribution in [2.75, 3.05) is 0 Å². The number of aliphatic hydroxyl groups excluding tert-OH is 1. The van der Waals surface area contributed by atoms with Crippen LogP contribution in [0.3, 0.4) is 0 Å². The second-order valence-corrected chi connectivity index (χ2v) is 6.04. The van der Waals surface area contributed by atoms with Crippen LogP contribution >= 0.6 is 0 Å². The molecular weight excluding hydrogens is 242 g/mol. The molecule has 0 aromatic carbocycles. The molecule has 3 atom stereocenters. The Labute approximate surface area is 116 Å². The molecule has 1 saturated carbocycles. The molecule has 1 aliphatic rings. The summed E-state index contributed by atoms with van der Waals surface area (Å²) in [5, 5.41) is 9.94. The summed E-state index contributed by atoms with van der Waals surface area (Å²) in [5.41, 5.74) is 3.10. The molecule has 1 rings (SSSR count). The number of carbonyl (C=O) groups is 1. The van der Waals surface area contributed by atoms with Crippen molar-refractivity contribution in [2.45, 2.75) is 65.0 Å². The molecule has 3 unspecified atom stereocenters. The third-order valence-corrected chi connectivity index (χ3v) is 3.75. The van der Waals surface area contributed by atoms with Gasteiger partial charge in [-0.25, -0.2) is 4.79 Å². The van der Waals surface area contributed by atoms with Gasteiger partial charge < -0.3 is 9.94 Å². The summed E-state index contributed by atoms with van der Waals surface area (Å²) in [5.74, 6) is 0.630. The largest absolute Gasteiger partial charge is 0.391 e. The summed E-state index contributed by atoms with van der Waals surface area (Å²) in [6.45, 7) is 9.57. The van der Waals surface area contributed by atoms with E-state index in [2.05, 4.69) is 25.9 Å². The molecule has 4 nitrogen and oxygen atoms in total. The van der Waals surface area contributed by atoms with Gasteiger partial charge in [-0.05, 0) is 38.0 Å². The fourth-order valence-corrected chi connectivity index (χ4v) is 2.55. The molecule has 1 fully saturated rings. The van der Waals surface area contributed by atoms with Crippen molar-refractivity contribution in [3.05, 3.63) is 12.2 Å². The summed E-state index contributed by atoms with van der Waals surface area (Å²) in [7, 11) is 0. The van der Waals surface area contributed by atoms with E-state index in [9.17, 15) is 9.90 Å². The van der Waals surface area contributed by atoms with Crippen molar-refractivity contribution in [1.82, 2.24) is 5.48 Å². The lowest BCUT2D eigenvalue weighted by molar-refractivity contribution is -0.150. The molecule has 1 aliphatic carbocycles. The Morgan fingerprint density at radius 2 is 2.16 bits per heavy atom. The molecule has 0 aromatic heterocycles. The molecule has 0 bridgehead atoms. The fourth-order valence-electron chi connectivity index (χ4n) is 2.55. The average molecular weight is 269 g/mol.